The number of aliphatic hydroxyl groups is 1. The molecule has 5 N–H and O–H groups in total. The van der Waals surface area contributed by atoms with Crippen molar-refractivity contribution < 1.29 is 33.8 Å². The molecule has 18 nitrogen and oxygen atoms in total. The molecule has 0 radical (unpaired) electrons. The first-order valence-electron chi connectivity index (χ1n) is 27.9. The van der Waals surface area contributed by atoms with Crippen molar-refractivity contribution in [1.82, 2.24) is 40.4 Å². The molecule has 2 unspecified atom stereocenters. The molecule has 78 heavy (non-hydrogen) atoms. The molecule has 4 aliphatic heterocycles. The van der Waals surface area contributed by atoms with E-state index >= 15 is 0 Å². The minimum atomic E-state index is -0.821. The Morgan fingerprint density at radius 1 is 0.910 bits per heavy atom. The number of aromatic nitrogens is 5. The topological polar surface area (TPSA) is 222 Å². The van der Waals surface area contributed by atoms with Gasteiger partial charge in [-0.1, -0.05) is 50.2 Å². The van der Waals surface area contributed by atoms with Gasteiger partial charge in [0.05, 0.1) is 46.2 Å². The fraction of sp³-hybridized carbons (Fsp3) is 0.508. The molecule has 1 aliphatic carbocycles. The van der Waals surface area contributed by atoms with Gasteiger partial charge in [-0.2, -0.15) is 0 Å². The third-order valence-corrected chi connectivity index (χ3v) is 18.1. The normalized spacial score (nSPS) is 25.0. The number of fused-ring (bicyclic) bond motifs is 2. The van der Waals surface area contributed by atoms with E-state index in [4.69, 9.17) is 19.7 Å². The van der Waals surface area contributed by atoms with Crippen LogP contribution in [-0.2, 0) is 9.59 Å². The first-order valence-corrected chi connectivity index (χ1v) is 28.8. The van der Waals surface area contributed by atoms with Gasteiger partial charge in [0.25, 0.3) is 5.88 Å². The van der Waals surface area contributed by atoms with E-state index < -0.39 is 18.1 Å². The maximum atomic E-state index is 14.3. The highest BCUT2D eigenvalue weighted by Gasteiger charge is 2.45. The average Bonchev–Trinajstić information content (AvgIpc) is 4.34. The summed E-state index contributed by atoms with van der Waals surface area (Å²) in [5.74, 6) is 1.62. The molecule has 8 atom stereocenters. The molecule has 8 heterocycles. The Balaban J connectivity index is 0.610. The second kappa shape index (κ2) is 22.9. The lowest BCUT2D eigenvalue weighted by molar-refractivity contribution is -0.141. The van der Waals surface area contributed by atoms with Crippen molar-refractivity contribution in [3.05, 3.63) is 102 Å². The van der Waals surface area contributed by atoms with Crippen LogP contribution in [0.2, 0.25) is 0 Å². The van der Waals surface area contributed by atoms with Gasteiger partial charge in [-0.05, 0) is 131 Å². The number of aliphatic hydroxyl groups excluding tert-OH is 1. The van der Waals surface area contributed by atoms with Gasteiger partial charge in [0.2, 0.25) is 17.7 Å². The van der Waals surface area contributed by atoms with Crippen molar-refractivity contribution in [2.45, 2.75) is 134 Å². The molecular weight excluding hydrogens is 1010 g/mol. The standard InChI is InChI=1S/C59H73N11O7S/c1-34(2)55(59(74)69-32-45(71)26-50(69)58(73)63-36(4)40-10-12-41(13-11-40)56-37(5)62-33-78-56)52-28-54(66-77-52)75-21-18-38-17-20-67(35(3)22-38)29-39-23-46(24-39)76-53-25-42(16-19-61-53)70-43-14-15-44(70)31-68(30-43)49-27-48(64-65-57(49)60)47-8-6-7-9-51(47)72/h6-13,16,19,25,27-28,33-36,38-39,43-46,50,55,71-72H,14-15,17-18,20-24,26,29-32H2,1-5H3,(H2,60,65)(H,63,73)/t35-,36-,38+,39-,43?,44?,45+,46-,50-,55-/m0/s1. The molecule has 1 saturated carbocycles. The number of piperidine rings is 1. The Morgan fingerprint density at radius 3 is 2.42 bits per heavy atom. The summed E-state index contributed by atoms with van der Waals surface area (Å²) in [6, 6.07) is 23.0. The first kappa shape index (κ1) is 53.2. The number of pyridine rings is 1. The number of aromatic hydroxyl groups is 1. The largest absolute Gasteiger partial charge is 0.507 e. The molecule has 2 aromatic carbocycles. The van der Waals surface area contributed by atoms with Gasteiger partial charge < -0.3 is 54.9 Å². The number of amides is 2. The highest BCUT2D eigenvalue weighted by atomic mass is 32.1. The van der Waals surface area contributed by atoms with E-state index in [2.05, 4.69) is 64.4 Å². The number of hydrogen-bond acceptors (Lipinski definition) is 17. The maximum absolute atomic E-state index is 14.3. The number of carbonyl (C=O) groups excluding carboxylic acids is 2. The number of nitrogen functional groups attached to an aromatic ring is 1. The molecule has 11 rings (SSSR count). The van der Waals surface area contributed by atoms with Gasteiger partial charge in [0.1, 0.15) is 23.8 Å². The molecule has 6 aromatic rings. The number of carbonyl (C=O) groups is 2. The number of rotatable bonds is 18. The van der Waals surface area contributed by atoms with Crippen LogP contribution < -0.4 is 30.3 Å². The van der Waals surface area contributed by atoms with Gasteiger partial charge in [-0.15, -0.1) is 21.5 Å². The number of nitrogens with zero attached hydrogens (tertiary/aromatic N) is 9. The van der Waals surface area contributed by atoms with Crippen LogP contribution in [0.25, 0.3) is 21.7 Å². The fourth-order valence-corrected chi connectivity index (χ4v) is 13.6. The Kier molecular flexibility index (Phi) is 15.6. The molecule has 412 valence electrons. The predicted molar refractivity (Wildman–Crippen MR) is 299 cm³/mol. The lowest BCUT2D eigenvalue weighted by Gasteiger charge is -2.44. The summed E-state index contributed by atoms with van der Waals surface area (Å²) in [5.41, 5.74) is 14.5. The summed E-state index contributed by atoms with van der Waals surface area (Å²) >= 11 is 1.60. The monoisotopic (exact) mass is 1080 g/mol. The van der Waals surface area contributed by atoms with E-state index in [1.54, 1.807) is 29.5 Å². The number of hydrogen-bond donors (Lipinski definition) is 4. The minimum Gasteiger partial charge on any atom is -0.507 e. The Morgan fingerprint density at radius 2 is 1.69 bits per heavy atom. The molecule has 5 aliphatic rings. The van der Waals surface area contributed by atoms with Crippen LogP contribution in [0.5, 0.6) is 17.5 Å². The van der Waals surface area contributed by atoms with E-state index in [9.17, 15) is 19.8 Å². The van der Waals surface area contributed by atoms with E-state index in [1.165, 1.54) is 4.90 Å². The maximum Gasteiger partial charge on any atom is 0.254 e. The number of thiazole rings is 1. The molecule has 2 bridgehead atoms. The van der Waals surface area contributed by atoms with E-state index in [0.29, 0.717) is 71.2 Å². The van der Waals surface area contributed by atoms with Gasteiger partial charge in [-0.3, -0.25) is 9.59 Å². The quantitative estimate of drug-likeness (QED) is 0.0634. The van der Waals surface area contributed by atoms with E-state index in [1.807, 2.05) is 81.9 Å². The Bertz CT molecular complexity index is 3040. The fourth-order valence-electron chi connectivity index (χ4n) is 12.8. The number of nitrogens with one attached hydrogen (secondary N) is 1. The Labute approximate surface area is 460 Å². The van der Waals surface area contributed by atoms with Crippen LogP contribution >= 0.6 is 11.3 Å². The zero-order chi connectivity index (χ0) is 54.2. The van der Waals surface area contributed by atoms with E-state index in [-0.39, 0.29) is 48.6 Å². The zero-order valence-corrected chi connectivity index (χ0v) is 46.1. The zero-order valence-electron chi connectivity index (χ0n) is 45.3. The smallest absolute Gasteiger partial charge is 0.254 e. The number of phenols is 1. The van der Waals surface area contributed by atoms with Crippen molar-refractivity contribution >= 4 is 40.3 Å². The van der Waals surface area contributed by atoms with Crippen molar-refractivity contribution in [3.63, 3.8) is 0 Å². The highest BCUT2D eigenvalue weighted by Crippen LogP contribution is 2.41. The summed E-state index contributed by atoms with van der Waals surface area (Å²) in [6.07, 6.45) is 8.65. The van der Waals surface area contributed by atoms with Crippen LogP contribution in [0.1, 0.15) is 108 Å². The number of phenolic OH excluding ortho intramolecular Hbond substituents is 1. The summed E-state index contributed by atoms with van der Waals surface area (Å²) in [6.45, 7) is 14.4. The number of benzene rings is 2. The van der Waals surface area contributed by atoms with Crippen LogP contribution in [0, 0.1) is 24.7 Å². The average molecular weight is 1080 g/mol. The molecular formula is C59H73N11O7S. The number of ether oxygens (including phenoxy) is 2. The third-order valence-electron chi connectivity index (χ3n) is 17.1. The number of piperazine rings is 1. The van der Waals surface area contributed by atoms with E-state index in [0.717, 1.165) is 104 Å². The number of β-amino-alcohol motifs (C(OH)–C–C–N with tert-alkyl or cyclic N) is 1. The lowest BCUT2D eigenvalue weighted by Crippen LogP contribution is -2.54. The molecule has 19 heteroatoms. The number of aryl methyl sites for hydroxylation is 1. The number of likely N-dealkylation sites (tertiary alicyclic amines) is 2. The van der Waals surface area contributed by atoms with Crippen LogP contribution in [0.15, 0.2) is 89.0 Å². The van der Waals surface area contributed by atoms with Gasteiger partial charge in [0.15, 0.2) is 11.6 Å². The van der Waals surface area contributed by atoms with Gasteiger partial charge >= 0.3 is 0 Å². The number of nitrogens with two attached hydrogens (primary N) is 1. The van der Waals surface area contributed by atoms with Crippen molar-refractivity contribution in [2.24, 2.45) is 17.8 Å². The summed E-state index contributed by atoms with van der Waals surface area (Å²) in [5, 5.41) is 37.1. The Hall–Kier alpha value is -6.83. The lowest BCUT2D eigenvalue weighted by atomic mass is 9.80. The van der Waals surface area contributed by atoms with Crippen molar-refractivity contribution in [1.29, 1.82) is 0 Å². The minimum absolute atomic E-state index is 0.0623. The second-order valence-electron chi connectivity index (χ2n) is 22.8. The summed E-state index contributed by atoms with van der Waals surface area (Å²) < 4.78 is 18.4. The van der Waals surface area contributed by atoms with Gasteiger partial charge in [-0.25, -0.2) is 9.97 Å². The molecule has 5 fully saturated rings. The van der Waals surface area contributed by atoms with Crippen LogP contribution in [0.4, 0.5) is 17.2 Å². The first-order chi connectivity index (χ1) is 37.7. The third kappa shape index (κ3) is 11.4. The molecule has 0 spiro atoms. The molecule has 4 aromatic heterocycles. The van der Waals surface area contributed by atoms with Crippen LogP contribution in [0.3, 0.4) is 0 Å². The van der Waals surface area contributed by atoms with Gasteiger partial charge in [0, 0.05) is 80.3 Å². The predicted octanol–water partition coefficient (Wildman–Crippen LogP) is 8.41. The number of para-hydroxylation sites is 1. The van der Waals surface area contributed by atoms with Crippen molar-refractivity contribution in [3.8, 4) is 39.2 Å². The second-order valence-corrected chi connectivity index (χ2v) is 23.7. The highest BCUT2D eigenvalue weighted by molar-refractivity contribution is 7.13. The number of anilines is 3. The van der Waals surface area contributed by atoms with Crippen molar-refractivity contribution in [2.75, 3.05) is 54.9 Å². The molecule has 2 amide bonds. The van der Waals surface area contributed by atoms with Crippen LogP contribution in [-0.4, -0.2) is 133 Å². The summed E-state index contributed by atoms with van der Waals surface area (Å²) in [4.78, 5) is 47.2. The summed E-state index contributed by atoms with van der Waals surface area (Å²) in [7, 11) is 0. The molecule has 4 saturated heterocycles. The SMILES string of the molecule is Cc1ncsc1-c1ccc([C@H](C)NC(=O)[C@@H]2C[C@@H](O)CN2C(=O)[C@H](c2cc(OCC[C@H]3CCN(C[C@H]4C[C@H](Oc5cc(N6C7CCC6CN(c6cc(-c8ccccc8O)nnc6N)C7)ccn5)C4)[C@@H](C)C3)no2)C(C)C)cc1.